The van der Waals surface area contributed by atoms with Gasteiger partial charge in [-0.1, -0.05) is 29.3 Å². The van der Waals surface area contributed by atoms with Gasteiger partial charge >= 0.3 is 0 Å². The fourth-order valence-corrected chi connectivity index (χ4v) is 7.37. The normalized spacial score (nSPS) is 21.0. The number of fused-ring (bicyclic) bond motifs is 1. The van der Waals surface area contributed by atoms with E-state index in [1.54, 1.807) is 30.3 Å². The Bertz CT molecular complexity index is 1440. The van der Waals surface area contributed by atoms with Gasteiger partial charge in [-0.2, -0.15) is 0 Å². The molecule has 5 N–H and O–H groups in total. The van der Waals surface area contributed by atoms with Gasteiger partial charge in [-0.15, -0.1) is 0 Å². The summed E-state index contributed by atoms with van der Waals surface area (Å²) in [6.07, 6.45) is 1.91. The van der Waals surface area contributed by atoms with Crippen molar-refractivity contribution in [2.24, 2.45) is 0 Å². The zero-order chi connectivity index (χ0) is 27.1. The molecule has 2 aromatic carbocycles. The Morgan fingerprint density at radius 3 is 2.38 bits per heavy atom. The summed E-state index contributed by atoms with van der Waals surface area (Å²) in [7, 11) is -1.39. The van der Waals surface area contributed by atoms with E-state index in [1.165, 1.54) is 5.56 Å². The average molecular weight is 590 g/mol. The second-order valence-corrected chi connectivity index (χ2v) is 12.6. The maximum atomic E-state index is 13.3. The van der Waals surface area contributed by atoms with Crippen LogP contribution in [0.15, 0.2) is 41.3 Å². The molecule has 208 valence electrons. The first kappa shape index (κ1) is 29.5. The highest BCUT2D eigenvalue weighted by Crippen LogP contribution is 2.36. The molecule has 1 unspecified atom stereocenters. The quantitative estimate of drug-likeness (QED) is 0.348. The van der Waals surface area contributed by atoms with E-state index < -0.39 is 10.8 Å². The molecule has 0 saturated carbocycles. The Balaban J connectivity index is 0.00000353. The molecule has 3 heterocycles. The topological polar surface area (TPSA) is 109 Å². The standard InChI is InChI=1S/C29H32Cl2N4O2S.H2O/c1-16-12-35(13-17(2)32-16)14-23-18(3)28(33-19(23)4)11-22-21-10-20(8-9-27(21)34-29(22)36)38(37)15-24-25(30)6-5-7-26(24)31;/h5-11,16-17,32-33H,12-15H2,1-4H3,(H,34,36);1H2/b22-11-;/t16-,17+,38?;. The number of aromatic amines is 1. The predicted molar refractivity (Wildman–Crippen MR) is 161 cm³/mol. The number of nitrogens with one attached hydrogen (secondary N) is 3. The fraction of sp³-hybridized carbons (Fsp3) is 0.345. The number of aromatic nitrogens is 1. The number of rotatable bonds is 6. The summed E-state index contributed by atoms with van der Waals surface area (Å²) in [5.74, 6) is 0.0225. The summed E-state index contributed by atoms with van der Waals surface area (Å²) < 4.78 is 13.3. The maximum absolute atomic E-state index is 13.3. The van der Waals surface area contributed by atoms with Crippen LogP contribution in [0.4, 0.5) is 5.69 Å². The van der Waals surface area contributed by atoms with Crippen LogP contribution in [-0.2, 0) is 27.9 Å². The first-order valence-corrected chi connectivity index (χ1v) is 14.8. The molecule has 2 aliphatic heterocycles. The molecule has 7 nitrogen and oxygen atoms in total. The molecule has 5 rings (SSSR count). The van der Waals surface area contributed by atoms with E-state index in [0.29, 0.717) is 43.8 Å². The minimum absolute atomic E-state index is 0. The number of hydrogen-bond donors (Lipinski definition) is 3. The summed E-state index contributed by atoms with van der Waals surface area (Å²) in [6, 6.07) is 11.6. The first-order chi connectivity index (χ1) is 18.1. The van der Waals surface area contributed by atoms with Crippen molar-refractivity contribution in [3.8, 4) is 0 Å². The summed E-state index contributed by atoms with van der Waals surface area (Å²) in [6.45, 7) is 11.5. The molecule has 10 heteroatoms. The second kappa shape index (κ2) is 12.0. The van der Waals surface area contributed by atoms with Crippen LogP contribution >= 0.6 is 23.2 Å². The van der Waals surface area contributed by atoms with Crippen LogP contribution in [0.1, 0.15) is 47.5 Å². The zero-order valence-electron chi connectivity index (χ0n) is 22.5. The average Bonchev–Trinajstić information content (AvgIpc) is 3.30. The molecule has 0 bridgehead atoms. The molecule has 0 radical (unpaired) electrons. The molecular formula is C29H34Cl2N4O3S. The number of anilines is 1. The number of piperazine rings is 1. The van der Waals surface area contributed by atoms with Crippen molar-refractivity contribution in [3.63, 3.8) is 0 Å². The van der Waals surface area contributed by atoms with Gasteiger partial charge in [-0.25, -0.2) is 0 Å². The lowest BCUT2D eigenvalue weighted by Gasteiger charge is -2.36. The van der Waals surface area contributed by atoms with Crippen molar-refractivity contribution < 1.29 is 14.5 Å². The van der Waals surface area contributed by atoms with Crippen LogP contribution in [0.2, 0.25) is 10.0 Å². The third-order valence-corrected chi connectivity index (χ3v) is 9.35. The van der Waals surface area contributed by atoms with Gasteiger partial charge in [0, 0.05) is 74.9 Å². The zero-order valence-corrected chi connectivity index (χ0v) is 24.8. The lowest BCUT2D eigenvalue weighted by molar-refractivity contribution is -0.110. The van der Waals surface area contributed by atoms with E-state index in [2.05, 4.69) is 48.2 Å². The van der Waals surface area contributed by atoms with Crippen molar-refractivity contribution >= 4 is 57.2 Å². The van der Waals surface area contributed by atoms with Gasteiger partial charge in [0.05, 0.1) is 22.1 Å². The van der Waals surface area contributed by atoms with Crippen LogP contribution in [-0.4, -0.2) is 50.6 Å². The van der Waals surface area contributed by atoms with E-state index >= 15 is 0 Å². The third kappa shape index (κ3) is 6.16. The van der Waals surface area contributed by atoms with E-state index in [1.807, 2.05) is 12.1 Å². The monoisotopic (exact) mass is 588 g/mol. The lowest BCUT2D eigenvalue weighted by Crippen LogP contribution is -2.53. The highest BCUT2D eigenvalue weighted by atomic mass is 35.5. The van der Waals surface area contributed by atoms with Gasteiger partial charge in [0.2, 0.25) is 0 Å². The van der Waals surface area contributed by atoms with Crippen LogP contribution in [0, 0.1) is 13.8 Å². The van der Waals surface area contributed by atoms with Crippen molar-refractivity contribution in [1.82, 2.24) is 15.2 Å². The maximum Gasteiger partial charge on any atom is 0.256 e. The Hall–Kier alpha value is -2.46. The summed E-state index contributed by atoms with van der Waals surface area (Å²) in [4.78, 5) is 19.6. The van der Waals surface area contributed by atoms with Gasteiger partial charge in [0.25, 0.3) is 5.91 Å². The number of benzene rings is 2. The Morgan fingerprint density at radius 1 is 1.05 bits per heavy atom. The smallest absolute Gasteiger partial charge is 0.256 e. The number of carbonyl (C=O) groups is 1. The van der Waals surface area contributed by atoms with Gasteiger partial charge in [-0.05, 0) is 75.2 Å². The van der Waals surface area contributed by atoms with Crippen LogP contribution in [0.5, 0.6) is 0 Å². The number of halogens is 2. The van der Waals surface area contributed by atoms with Crippen LogP contribution < -0.4 is 10.6 Å². The molecule has 39 heavy (non-hydrogen) atoms. The Labute approximate surface area is 241 Å². The minimum atomic E-state index is -1.39. The summed E-state index contributed by atoms with van der Waals surface area (Å²) in [5.41, 5.74) is 7.09. The fourth-order valence-electron chi connectivity index (χ4n) is 5.47. The third-order valence-electron chi connectivity index (χ3n) is 7.31. The van der Waals surface area contributed by atoms with E-state index in [0.717, 1.165) is 42.1 Å². The van der Waals surface area contributed by atoms with E-state index in [4.69, 9.17) is 23.2 Å². The number of nitrogens with zero attached hydrogens (tertiary/aromatic N) is 1. The van der Waals surface area contributed by atoms with Crippen molar-refractivity contribution in [3.05, 3.63) is 80.1 Å². The van der Waals surface area contributed by atoms with Crippen molar-refractivity contribution in [2.75, 3.05) is 18.4 Å². The highest BCUT2D eigenvalue weighted by Gasteiger charge is 2.27. The van der Waals surface area contributed by atoms with Crippen LogP contribution in [0.25, 0.3) is 11.6 Å². The first-order valence-electron chi connectivity index (χ1n) is 12.8. The largest absolute Gasteiger partial charge is 0.412 e. The van der Waals surface area contributed by atoms with E-state index in [9.17, 15) is 9.00 Å². The number of amides is 1. The highest BCUT2D eigenvalue weighted by molar-refractivity contribution is 7.84. The molecule has 1 aromatic heterocycles. The van der Waals surface area contributed by atoms with E-state index in [-0.39, 0.29) is 17.1 Å². The molecule has 3 atom stereocenters. The molecule has 1 fully saturated rings. The molecular weight excluding hydrogens is 555 g/mol. The predicted octanol–water partition coefficient (Wildman–Crippen LogP) is 5.10. The lowest BCUT2D eigenvalue weighted by atomic mass is 10.0. The Morgan fingerprint density at radius 2 is 1.72 bits per heavy atom. The van der Waals surface area contributed by atoms with Crippen molar-refractivity contribution in [2.45, 2.75) is 57.0 Å². The number of carbonyl (C=O) groups excluding carboxylic acids is 1. The summed E-state index contributed by atoms with van der Waals surface area (Å²) >= 11 is 12.6. The number of aryl methyl sites for hydroxylation is 1. The minimum Gasteiger partial charge on any atom is -0.412 e. The molecule has 1 saturated heterocycles. The molecule has 1 amide bonds. The number of hydrogen-bond acceptors (Lipinski definition) is 4. The van der Waals surface area contributed by atoms with Gasteiger partial charge in [-0.3, -0.25) is 13.9 Å². The van der Waals surface area contributed by atoms with Gasteiger partial charge in [0.15, 0.2) is 0 Å². The molecule has 0 aliphatic carbocycles. The van der Waals surface area contributed by atoms with Gasteiger partial charge < -0.3 is 21.1 Å². The molecule has 0 spiro atoms. The molecule has 3 aromatic rings. The van der Waals surface area contributed by atoms with Gasteiger partial charge in [0.1, 0.15) is 0 Å². The summed E-state index contributed by atoms with van der Waals surface area (Å²) in [5, 5.41) is 7.50. The van der Waals surface area contributed by atoms with Crippen molar-refractivity contribution in [1.29, 1.82) is 0 Å². The van der Waals surface area contributed by atoms with Crippen LogP contribution in [0.3, 0.4) is 0 Å². The SMILES string of the molecule is Cc1[nH]c(/C=C2\C(=O)Nc3ccc(S(=O)Cc4c(Cl)cccc4Cl)cc32)c(C)c1CN1C[C@@H](C)N[C@@H](C)C1.O. The second-order valence-electron chi connectivity index (χ2n) is 10.3. The molecule has 2 aliphatic rings. The Kier molecular flexibility index (Phi) is 9.05. The number of H-pyrrole nitrogens is 1.